The quantitative estimate of drug-likeness (QED) is 0.737. The summed E-state index contributed by atoms with van der Waals surface area (Å²) in [6.45, 7) is 5.84. The van der Waals surface area contributed by atoms with Gasteiger partial charge in [0, 0.05) is 6.04 Å². The lowest BCUT2D eigenvalue weighted by Gasteiger charge is -2.23. The lowest BCUT2D eigenvalue weighted by atomic mass is 10.0. The summed E-state index contributed by atoms with van der Waals surface area (Å²) in [5.74, 6) is 3.52. The largest absolute Gasteiger partial charge is 0.314 e. The molecule has 1 aliphatic rings. The van der Waals surface area contributed by atoms with Gasteiger partial charge in [0.05, 0.1) is 0 Å². The molecule has 0 radical (unpaired) electrons. The van der Waals surface area contributed by atoms with Gasteiger partial charge in [-0.3, -0.25) is 0 Å². The van der Waals surface area contributed by atoms with Crippen molar-refractivity contribution in [3.8, 4) is 0 Å². The van der Waals surface area contributed by atoms with Crippen LogP contribution < -0.4 is 5.32 Å². The molecule has 1 nitrogen and oxygen atoms in total. The van der Waals surface area contributed by atoms with Crippen LogP contribution in [0.4, 0.5) is 0 Å². The number of rotatable bonds is 5. The average Bonchev–Trinajstić information content (AvgIpc) is 2.14. The van der Waals surface area contributed by atoms with Gasteiger partial charge < -0.3 is 5.32 Å². The van der Waals surface area contributed by atoms with E-state index in [4.69, 9.17) is 0 Å². The summed E-state index contributed by atoms with van der Waals surface area (Å²) in [6, 6.07) is 0.827. The maximum absolute atomic E-state index is 3.59. The highest BCUT2D eigenvalue weighted by atomic mass is 35.5. The summed E-state index contributed by atoms with van der Waals surface area (Å²) < 4.78 is 0. The number of nitrogens with one attached hydrogen (secondary N) is 1. The molecule has 1 N–H and O–H groups in total. The maximum atomic E-state index is 3.59. The Bertz CT molecular complexity index is 124. The third-order valence-corrected chi connectivity index (χ3v) is 3.90. The molecular weight excluding hydrogens is 214 g/mol. The zero-order chi connectivity index (χ0) is 9.52. The molecule has 1 aliphatic heterocycles. The Morgan fingerprint density at radius 2 is 2.14 bits per heavy atom. The maximum Gasteiger partial charge on any atom is 0.00749 e. The predicted octanol–water partition coefficient (Wildman–Crippen LogP) is 3.33. The molecule has 1 rings (SSSR count). The molecule has 1 atom stereocenters. The van der Waals surface area contributed by atoms with Crippen LogP contribution in [0, 0.1) is 5.92 Å². The first-order chi connectivity index (χ1) is 6.29. The zero-order valence-electron chi connectivity index (χ0n) is 9.42. The van der Waals surface area contributed by atoms with Crippen LogP contribution in [0.2, 0.25) is 0 Å². The van der Waals surface area contributed by atoms with Crippen LogP contribution in [0.5, 0.6) is 0 Å². The fourth-order valence-electron chi connectivity index (χ4n) is 1.72. The summed E-state index contributed by atoms with van der Waals surface area (Å²) in [6.07, 6.45) is 5.60. The van der Waals surface area contributed by atoms with Crippen molar-refractivity contribution in [1.29, 1.82) is 0 Å². The van der Waals surface area contributed by atoms with Gasteiger partial charge in [-0.25, -0.2) is 0 Å². The molecule has 0 aromatic carbocycles. The molecule has 0 saturated carbocycles. The molecule has 1 saturated heterocycles. The summed E-state index contributed by atoms with van der Waals surface area (Å²) in [7, 11) is 0. The van der Waals surface area contributed by atoms with E-state index in [1.165, 1.54) is 43.7 Å². The van der Waals surface area contributed by atoms with Crippen molar-refractivity contribution in [2.75, 3.05) is 18.1 Å². The van der Waals surface area contributed by atoms with Crippen LogP contribution in [-0.4, -0.2) is 24.1 Å². The number of hydrogen-bond acceptors (Lipinski definition) is 2. The van der Waals surface area contributed by atoms with Gasteiger partial charge in [-0.15, -0.1) is 12.4 Å². The van der Waals surface area contributed by atoms with Crippen molar-refractivity contribution in [2.45, 2.75) is 45.6 Å². The molecule has 0 spiro atoms. The van der Waals surface area contributed by atoms with Crippen LogP contribution in [-0.2, 0) is 0 Å². The van der Waals surface area contributed by atoms with Crippen LogP contribution in [0.15, 0.2) is 0 Å². The zero-order valence-corrected chi connectivity index (χ0v) is 11.1. The molecule has 86 valence electrons. The van der Waals surface area contributed by atoms with Gasteiger partial charge in [-0.2, -0.15) is 11.8 Å². The van der Waals surface area contributed by atoms with Gasteiger partial charge in [-0.1, -0.05) is 20.3 Å². The Balaban J connectivity index is 0.00000169. The van der Waals surface area contributed by atoms with Crippen LogP contribution in [0.25, 0.3) is 0 Å². The SMILES string of the molecule is CC(C)CSCCC1CCCCN1.Cl. The molecule has 1 fully saturated rings. The molecule has 14 heavy (non-hydrogen) atoms. The lowest BCUT2D eigenvalue weighted by Crippen LogP contribution is -2.34. The monoisotopic (exact) mass is 237 g/mol. The molecule has 3 heteroatoms. The molecular formula is C11H24ClNS. The molecule has 0 aliphatic carbocycles. The normalized spacial score (nSPS) is 22.1. The number of piperidine rings is 1. The Labute approximate surface area is 99.2 Å². The second-order valence-electron chi connectivity index (χ2n) is 4.40. The first-order valence-electron chi connectivity index (χ1n) is 5.60. The highest BCUT2D eigenvalue weighted by Crippen LogP contribution is 2.14. The minimum atomic E-state index is 0. The van der Waals surface area contributed by atoms with E-state index >= 15 is 0 Å². The van der Waals surface area contributed by atoms with Gasteiger partial charge in [0.2, 0.25) is 0 Å². The smallest absolute Gasteiger partial charge is 0.00749 e. The first-order valence-corrected chi connectivity index (χ1v) is 6.75. The van der Waals surface area contributed by atoms with E-state index < -0.39 is 0 Å². The van der Waals surface area contributed by atoms with Gasteiger partial charge in [0.25, 0.3) is 0 Å². The highest BCUT2D eigenvalue weighted by molar-refractivity contribution is 7.99. The van der Waals surface area contributed by atoms with E-state index in [-0.39, 0.29) is 12.4 Å². The summed E-state index contributed by atoms with van der Waals surface area (Å²) >= 11 is 2.11. The Hall–Kier alpha value is 0.600. The molecule has 0 bridgehead atoms. The Morgan fingerprint density at radius 1 is 1.36 bits per heavy atom. The van der Waals surface area contributed by atoms with Crippen LogP contribution in [0.1, 0.15) is 39.5 Å². The second kappa shape index (κ2) is 8.87. The second-order valence-corrected chi connectivity index (χ2v) is 5.55. The third-order valence-electron chi connectivity index (χ3n) is 2.47. The third kappa shape index (κ3) is 6.97. The van der Waals surface area contributed by atoms with E-state index in [1.807, 2.05) is 0 Å². The van der Waals surface area contributed by atoms with Crippen molar-refractivity contribution >= 4 is 24.2 Å². The highest BCUT2D eigenvalue weighted by Gasteiger charge is 2.11. The van der Waals surface area contributed by atoms with E-state index in [2.05, 4.69) is 30.9 Å². The molecule has 0 aromatic heterocycles. The van der Waals surface area contributed by atoms with Crippen LogP contribution >= 0.6 is 24.2 Å². The fourth-order valence-corrected chi connectivity index (χ4v) is 2.80. The average molecular weight is 238 g/mol. The summed E-state index contributed by atoms with van der Waals surface area (Å²) in [4.78, 5) is 0. The topological polar surface area (TPSA) is 12.0 Å². The Kier molecular flexibility index (Phi) is 9.25. The summed E-state index contributed by atoms with van der Waals surface area (Å²) in [5, 5.41) is 3.59. The fraction of sp³-hybridized carbons (Fsp3) is 1.00. The molecule has 0 amide bonds. The van der Waals surface area contributed by atoms with Crippen molar-refractivity contribution < 1.29 is 0 Å². The predicted molar refractivity (Wildman–Crippen MR) is 69.7 cm³/mol. The minimum absolute atomic E-state index is 0. The van der Waals surface area contributed by atoms with E-state index in [1.54, 1.807) is 0 Å². The number of halogens is 1. The van der Waals surface area contributed by atoms with Crippen molar-refractivity contribution in [2.24, 2.45) is 5.92 Å². The van der Waals surface area contributed by atoms with Crippen LogP contribution in [0.3, 0.4) is 0 Å². The summed E-state index contributed by atoms with van der Waals surface area (Å²) in [5.41, 5.74) is 0. The van der Waals surface area contributed by atoms with Crippen molar-refractivity contribution in [3.63, 3.8) is 0 Å². The lowest BCUT2D eigenvalue weighted by molar-refractivity contribution is 0.394. The van der Waals surface area contributed by atoms with Gasteiger partial charge >= 0.3 is 0 Å². The van der Waals surface area contributed by atoms with E-state index in [9.17, 15) is 0 Å². The first kappa shape index (κ1) is 14.6. The van der Waals surface area contributed by atoms with Gasteiger partial charge in [-0.05, 0) is 43.2 Å². The van der Waals surface area contributed by atoms with Crippen molar-refractivity contribution in [1.82, 2.24) is 5.32 Å². The standard InChI is InChI=1S/C11H23NS.ClH/c1-10(2)9-13-8-6-11-5-3-4-7-12-11;/h10-12H,3-9H2,1-2H3;1H. The molecule has 0 aromatic rings. The molecule has 1 unspecified atom stereocenters. The van der Waals surface area contributed by atoms with Crippen molar-refractivity contribution in [3.05, 3.63) is 0 Å². The molecule has 1 heterocycles. The number of hydrogen-bond donors (Lipinski definition) is 1. The van der Waals surface area contributed by atoms with Gasteiger partial charge in [0.1, 0.15) is 0 Å². The number of thioether (sulfide) groups is 1. The van der Waals surface area contributed by atoms with E-state index in [0.29, 0.717) is 0 Å². The van der Waals surface area contributed by atoms with Gasteiger partial charge in [0.15, 0.2) is 0 Å². The van der Waals surface area contributed by atoms with E-state index in [0.717, 1.165) is 12.0 Å². The minimum Gasteiger partial charge on any atom is -0.314 e. The Morgan fingerprint density at radius 3 is 2.71 bits per heavy atom.